The van der Waals surface area contributed by atoms with Crippen molar-refractivity contribution in [2.24, 2.45) is 0 Å². The van der Waals surface area contributed by atoms with Crippen molar-refractivity contribution in [3.05, 3.63) is 187 Å². The lowest BCUT2D eigenvalue weighted by Gasteiger charge is -2.35. The second kappa shape index (κ2) is 11.7. The number of benzene rings is 9. The minimum Gasteiger partial charge on any atom is -0.313 e. The highest BCUT2D eigenvalue weighted by Crippen LogP contribution is 2.52. The largest absolute Gasteiger partial charge is 0.313 e. The highest BCUT2D eigenvalue weighted by molar-refractivity contribution is 6.26. The molecule has 264 valence electrons. The molecule has 1 aromatic heterocycles. The molecule has 0 N–H and O–H groups in total. The Hall–Kier alpha value is -6.70. The SMILES string of the molecule is CC1(C)c2ccccc2-c2ccc(-c3c4ccccc4c(-c4ccc5c(c4)c4c6ccccc6ccc4n5C4=CC=CCC4)c4ccccc34)c3cccc1c23. The molecule has 0 unspecified atom stereocenters. The van der Waals surface area contributed by atoms with Gasteiger partial charge in [0.2, 0.25) is 0 Å². The predicted molar refractivity (Wildman–Crippen MR) is 241 cm³/mol. The van der Waals surface area contributed by atoms with Gasteiger partial charge in [0.15, 0.2) is 0 Å². The number of hydrogen-bond acceptors (Lipinski definition) is 0. The van der Waals surface area contributed by atoms with E-state index in [1.165, 1.54) is 115 Å². The van der Waals surface area contributed by atoms with E-state index in [0.29, 0.717) is 0 Å². The first-order valence-electron chi connectivity index (χ1n) is 20.0. The third-order valence-corrected chi connectivity index (χ3v) is 13.0. The number of aromatic nitrogens is 1. The summed E-state index contributed by atoms with van der Waals surface area (Å²) < 4.78 is 2.52. The molecule has 0 saturated carbocycles. The molecule has 0 spiro atoms. The highest BCUT2D eigenvalue weighted by atomic mass is 15.0. The average molecular weight is 714 g/mol. The van der Waals surface area contributed by atoms with Crippen LogP contribution in [0.5, 0.6) is 0 Å². The van der Waals surface area contributed by atoms with Crippen molar-refractivity contribution < 1.29 is 0 Å². The van der Waals surface area contributed by atoms with Crippen molar-refractivity contribution in [2.75, 3.05) is 0 Å². The third kappa shape index (κ3) is 4.26. The van der Waals surface area contributed by atoms with Crippen molar-refractivity contribution in [3.63, 3.8) is 0 Å². The Kier molecular flexibility index (Phi) is 6.58. The average Bonchev–Trinajstić information content (AvgIpc) is 3.59. The van der Waals surface area contributed by atoms with Gasteiger partial charge in [-0.2, -0.15) is 0 Å². The fourth-order valence-electron chi connectivity index (χ4n) is 10.5. The van der Waals surface area contributed by atoms with E-state index in [0.717, 1.165) is 12.8 Å². The molecule has 0 aliphatic heterocycles. The van der Waals surface area contributed by atoms with Crippen LogP contribution in [0.2, 0.25) is 0 Å². The molecule has 2 aliphatic rings. The summed E-state index contributed by atoms with van der Waals surface area (Å²) in [5.74, 6) is 0. The lowest BCUT2D eigenvalue weighted by atomic mass is 9.68. The van der Waals surface area contributed by atoms with Gasteiger partial charge in [0.1, 0.15) is 0 Å². The van der Waals surface area contributed by atoms with Gasteiger partial charge >= 0.3 is 0 Å². The van der Waals surface area contributed by atoms with E-state index in [4.69, 9.17) is 0 Å². The van der Waals surface area contributed by atoms with Crippen LogP contribution in [0.4, 0.5) is 0 Å². The van der Waals surface area contributed by atoms with Crippen LogP contribution in [0.15, 0.2) is 176 Å². The molecule has 10 aromatic rings. The molecule has 0 fully saturated rings. The molecule has 12 rings (SSSR count). The Morgan fingerprint density at radius 1 is 0.464 bits per heavy atom. The molecule has 0 atom stereocenters. The smallest absolute Gasteiger partial charge is 0.0544 e. The van der Waals surface area contributed by atoms with Crippen molar-refractivity contribution in [1.82, 2.24) is 4.57 Å². The van der Waals surface area contributed by atoms with Crippen molar-refractivity contribution >= 4 is 70.6 Å². The minimum atomic E-state index is -0.104. The van der Waals surface area contributed by atoms with E-state index < -0.39 is 0 Å². The maximum atomic E-state index is 2.52. The van der Waals surface area contributed by atoms with Crippen LogP contribution in [0.1, 0.15) is 37.8 Å². The maximum Gasteiger partial charge on any atom is 0.0544 e. The Bertz CT molecular complexity index is 3330. The zero-order chi connectivity index (χ0) is 37.1. The van der Waals surface area contributed by atoms with E-state index in [1.807, 2.05) is 0 Å². The Morgan fingerprint density at radius 2 is 1.11 bits per heavy atom. The topological polar surface area (TPSA) is 4.93 Å². The normalized spacial score (nSPS) is 14.6. The van der Waals surface area contributed by atoms with Crippen LogP contribution in [0.25, 0.3) is 104 Å². The van der Waals surface area contributed by atoms with Gasteiger partial charge in [-0.1, -0.05) is 166 Å². The summed E-state index contributed by atoms with van der Waals surface area (Å²) >= 11 is 0. The molecule has 1 heteroatoms. The Morgan fingerprint density at radius 3 is 1.88 bits per heavy atom. The molecule has 1 nitrogen and oxygen atoms in total. The summed E-state index contributed by atoms with van der Waals surface area (Å²) in [5, 5.41) is 13.0. The van der Waals surface area contributed by atoms with Crippen molar-refractivity contribution in [1.29, 1.82) is 0 Å². The van der Waals surface area contributed by atoms with E-state index in [-0.39, 0.29) is 5.41 Å². The molecular weight excluding hydrogens is 675 g/mol. The maximum absolute atomic E-state index is 2.52. The number of fused-ring (bicyclic) bond motifs is 9. The fraction of sp³-hybridized carbons (Fsp3) is 0.0909. The molecule has 0 bridgehead atoms. The number of hydrogen-bond donors (Lipinski definition) is 0. The fourth-order valence-corrected chi connectivity index (χ4v) is 10.5. The predicted octanol–water partition coefficient (Wildman–Crippen LogP) is 15.2. The second-order valence-electron chi connectivity index (χ2n) is 16.3. The van der Waals surface area contributed by atoms with Gasteiger partial charge in [0.25, 0.3) is 0 Å². The van der Waals surface area contributed by atoms with Crippen LogP contribution >= 0.6 is 0 Å². The lowest BCUT2D eigenvalue weighted by Crippen LogP contribution is -2.23. The molecule has 0 saturated heterocycles. The van der Waals surface area contributed by atoms with Crippen LogP contribution in [-0.4, -0.2) is 4.57 Å². The number of allylic oxidation sites excluding steroid dienone is 4. The summed E-state index contributed by atoms with van der Waals surface area (Å²) in [6.45, 7) is 4.77. The van der Waals surface area contributed by atoms with Gasteiger partial charge in [-0.3, -0.25) is 0 Å². The number of nitrogens with zero attached hydrogens (tertiary/aromatic N) is 1. The van der Waals surface area contributed by atoms with Crippen molar-refractivity contribution in [3.8, 4) is 33.4 Å². The van der Waals surface area contributed by atoms with Crippen LogP contribution in [0, 0.1) is 0 Å². The van der Waals surface area contributed by atoms with Gasteiger partial charge < -0.3 is 4.57 Å². The zero-order valence-electron chi connectivity index (χ0n) is 31.6. The zero-order valence-corrected chi connectivity index (χ0v) is 31.6. The molecule has 2 aliphatic carbocycles. The van der Waals surface area contributed by atoms with Gasteiger partial charge in [0, 0.05) is 21.9 Å². The third-order valence-electron chi connectivity index (χ3n) is 13.0. The van der Waals surface area contributed by atoms with Crippen LogP contribution in [-0.2, 0) is 5.41 Å². The Balaban J connectivity index is 1.17. The second-order valence-corrected chi connectivity index (χ2v) is 16.3. The first kappa shape index (κ1) is 31.6. The molecular formula is C55H39N. The summed E-state index contributed by atoms with van der Waals surface area (Å²) in [4.78, 5) is 0. The summed E-state index contributed by atoms with van der Waals surface area (Å²) in [6, 6.07) is 59.7. The van der Waals surface area contributed by atoms with Crippen LogP contribution in [0.3, 0.4) is 0 Å². The molecule has 0 amide bonds. The molecule has 0 radical (unpaired) electrons. The standard InChI is InChI=1S/C55H39N/c1-55(2)47-25-13-12-19-38(47)44-29-30-45(43-24-14-26-48(55)53(43)44)52-41-22-10-8-20-39(41)51(40-21-9-11-23-42(40)52)35-28-31-49-46(33-35)54-37-18-7-6-15-34(37)27-32-50(54)56(49)36-16-4-3-5-17-36/h3-4,6-16,18-33H,5,17H2,1-2H3. The lowest BCUT2D eigenvalue weighted by molar-refractivity contribution is 0.645. The van der Waals surface area contributed by atoms with Gasteiger partial charge in [0.05, 0.1) is 11.0 Å². The van der Waals surface area contributed by atoms with Gasteiger partial charge in [-0.05, 0) is 125 Å². The van der Waals surface area contributed by atoms with E-state index in [2.05, 4.69) is 194 Å². The van der Waals surface area contributed by atoms with Crippen molar-refractivity contribution in [2.45, 2.75) is 32.1 Å². The quantitative estimate of drug-likeness (QED) is 0.161. The molecule has 1 heterocycles. The Labute approximate surface area is 326 Å². The summed E-state index contributed by atoms with van der Waals surface area (Å²) in [6.07, 6.45) is 8.88. The first-order valence-corrected chi connectivity index (χ1v) is 20.0. The highest BCUT2D eigenvalue weighted by Gasteiger charge is 2.34. The van der Waals surface area contributed by atoms with Gasteiger partial charge in [-0.25, -0.2) is 0 Å². The van der Waals surface area contributed by atoms with E-state index in [9.17, 15) is 0 Å². The van der Waals surface area contributed by atoms with Gasteiger partial charge in [-0.15, -0.1) is 0 Å². The minimum absolute atomic E-state index is 0.104. The monoisotopic (exact) mass is 713 g/mol. The first-order chi connectivity index (χ1) is 27.6. The summed E-state index contributed by atoms with van der Waals surface area (Å²) in [5.41, 5.74) is 14.4. The van der Waals surface area contributed by atoms with E-state index >= 15 is 0 Å². The summed E-state index contributed by atoms with van der Waals surface area (Å²) in [7, 11) is 0. The van der Waals surface area contributed by atoms with E-state index in [1.54, 1.807) is 0 Å². The van der Waals surface area contributed by atoms with Crippen LogP contribution < -0.4 is 0 Å². The molecule has 56 heavy (non-hydrogen) atoms. The molecule has 9 aromatic carbocycles. The number of rotatable bonds is 3.